The largest absolute Gasteiger partial charge is 0.322 e. The number of amides is 1. The molecule has 0 spiro atoms. The highest BCUT2D eigenvalue weighted by molar-refractivity contribution is 7.89. The minimum atomic E-state index is -3.51. The zero-order valence-electron chi connectivity index (χ0n) is 15.9. The summed E-state index contributed by atoms with van der Waals surface area (Å²) in [6.07, 6.45) is 4.36. The fraction of sp³-hybridized carbons (Fsp3) is 0.381. The van der Waals surface area contributed by atoms with E-state index in [4.69, 9.17) is 0 Å². The average molecular weight is 387 g/mol. The number of benzene rings is 2. The highest BCUT2D eigenvalue weighted by Crippen LogP contribution is 2.28. The first-order valence-corrected chi connectivity index (χ1v) is 10.9. The van der Waals surface area contributed by atoms with Crippen molar-refractivity contribution in [1.82, 2.24) is 4.31 Å². The van der Waals surface area contributed by atoms with Gasteiger partial charge in [-0.15, -0.1) is 0 Å². The van der Waals surface area contributed by atoms with Crippen molar-refractivity contribution in [3.8, 4) is 0 Å². The van der Waals surface area contributed by atoms with E-state index in [1.54, 1.807) is 12.1 Å². The number of nitrogens with one attached hydrogen (secondary N) is 1. The van der Waals surface area contributed by atoms with Gasteiger partial charge >= 0.3 is 0 Å². The molecule has 0 radical (unpaired) electrons. The molecule has 6 heteroatoms. The monoisotopic (exact) mass is 386 g/mol. The molecule has 0 fully saturated rings. The molecule has 0 bridgehead atoms. The second kappa shape index (κ2) is 8.23. The molecule has 5 nitrogen and oxygen atoms in total. The molecule has 3 rings (SSSR count). The summed E-state index contributed by atoms with van der Waals surface area (Å²) < 4.78 is 26.5. The maximum Gasteiger partial charge on any atom is 0.255 e. The quantitative estimate of drug-likeness (QED) is 0.820. The second-order valence-electron chi connectivity index (χ2n) is 6.72. The van der Waals surface area contributed by atoms with E-state index < -0.39 is 10.0 Å². The predicted molar refractivity (Wildman–Crippen MR) is 108 cm³/mol. The van der Waals surface area contributed by atoms with Crippen molar-refractivity contribution in [3.05, 3.63) is 59.2 Å². The number of carbonyl (C=O) groups excluding carboxylic acids is 1. The third-order valence-electron chi connectivity index (χ3n) is 5.10. The van der Waals surface area contributed by atoms with Gasteiger partial charge in [0.2, 0.25) is 10.0 Å². The van der Waals surface area contributed by atoms with Gasteiger partial charge in [0.05, 0.1) is 4.90 Å². The highest BCUT2D eigenvalue weighted by Gasteiger charge is 2.22. The second-order valence-corrected chi connectivity index (χ2v) is 8.66. The van der Waals surface area contributed by atoms with Crippen LogP contribution in [-0.2, 0) is 22.9 Å². The van der Waals surface area contributed by atoms with Gasteiger partial charge < -0.3 is 5.32 Å². The summed E-state index contributed by atoms with van der Waals surface area (Å²) >= 11 is 0. The Morgan fingerprint density at radius 2 is 1.67 bits per heavy atom. The Morgan fingerprint density at radius 1 is 1.00 bits per heavy atom. The number of nitrogens with zero attached hydrogens (tertiary/aromatic N) is 1. The lowest BCUT2D eigenvalue weighted by Crippen LogP contribution is -2.30. The molecule has 0 heterocycles. The molecule has 0 aromatic heterocycles. The van der Waals surface area contributed by atoms with Crippen LogP contribution in [0.4, 0.5) is 5.69 Å². The van der Waals surface area contributed by atoms with Gasteiger partial charge in [0.15, 0.2) is 0 Å². The van der Waals surface area contributed by atoms with Crippen molar-refractivity contribution in [2.45, 2.75) is 44.4 Å². The molecule has 1 aliphatic carbocycles. The Morgan fingerprint density at radius 3 is 2.33 bits per heavy atom. The molecule has 2 aromatic carbocycles. The molecule has 2 aromatic rings. The van der Waals surface area contributed by atoms with E-state index in [1.807, 2.05) is 26.0 Å². The van der Waals surface area contributed by atoms with Crippen LogP contribution < -0.4 is 5.32 Å². The molecule has 1 aliphatic rings. The van der Waals surface area contributed by atoms with Crippen molar-refractivity contribution in [1.29, 1.82) is 0 Å². The van der Waals surface area contributed by atoms with Crippen molar-refractivity contribution in [2.24, 2.45) is 0 Å². The predicted octanol–water partition coefficient (Wildman–Crippen LogP) is 3.85. The minimum absolute atomic E-state index is 0.208. The first-order valence-electron chi connectivity index (χ1n) is 9.49. The van der Waals surface area contributed by atoms with E-state index in [0.29, 0.717) is 18.7 Å². The average Bonchev–Trinajstić information content (AvgIpc) is 2.69. The van der Waals surface area contributed by atoms with E-state index >= 15 is 0 Å². The van der Waals surface area contributed by atoms with E-state index in [1.165, 1.54) is 34.0 Å². The molecular formula is C21H26N2O3S. The van der Waals surface area contributed by atoms with Gasteiger partial charge in [-0.1, -0.05) is 26.0 Å². The maximum atomic E-state index is 12.6. The Hall–Kier alpha value is -2.18. The normalized spacial score (nSPS) is 14.0. The first kappa shape index (κ1) is 19.6. The zero-order chi connectivity index (χ0) is 19.4. The van der Waals surface area contributed by atoms with Crippen molar-refractivity contribution in [2.75, 3.05) is 18.4 Å². The van der Waals surface area contributed by atoms with Crippen molar-refractivity contribution < 1.29 is 13.2 Å². The third-order valence-corrected chi connectivity index (χ3v) is 7.17. The molecule has 1 N–H and O–H groups in total. The van der Waals surface area contributed by atoms with Gasteiger partial charge in [-0.25, -0.2) is 8.42 Å². The SMILES string of the molecule is CCN(CC)S(=O)(=O)c1ccc(C(=O)Nc2cccc3c2CCCC3)cc1. The number of hydrogen-bond donors (Lipinski definition) is 1. The van der Waals surface area contributed by atoms with Crippen molar-refractivity contribution in [3.63, 3.8) is 0 Å². The summed E-state index contributed by atoms with van der Waals surface area (Å²) in [5, 5.41) is 2.99. The number of fused-ring (bicyclic) bond motifs is 1. The standard InChI is InChI=1S/C21H26N2O3S/c1-3-23(4-2)27(25,26)18-14-12-17(13-15-18)21(24)22-20-11-7-9-16-8-5-6-10-19(16)20/h7,9,11-15H,3-6,8,10H2,1-2H3,(H,22,24). The number of rotatable bonds is 6. The van der Waals surface area contributed by atoms with Crippen LogP contribution in [0.1, 0.15) is 48.2 Å². The van der Waals surface area contributed by atoms with Gasteiger partial charge in [-0.05, 0) is 67.1 Å². The number of hydrogen-bond acceptors (Lipinski definition) is 3. The van der Waals surface area contributed by atoms with Crippen LogP contribution in [0.3, 0.4) is 0 Å². The van der Waals surface area contributed by atoms with Gasteiger partial charge in [-0.3, -0.25) is 4.79 Å². The van der Waals surface area contributed by atoms with Crippen molar-refractivity contribution >= 4 is 21.6 Å². The molecule has 0 saturated heterocycles. The zero-order valence-corrected chi connectivity index (χ0v) is 16.7. The summed E-state index contributed by atoms with van der Waals surface area (Å²) in [5.41, 5.74) is 3.83. The van der Waals surface area contributed by atoms with E-state index in [2.05, 4.69) is 11.4 Å². The number of sulfonamides is 1. The minimum Gasteiger partial charge on any atom is -0.322 e. The molecule has 0 aliphatic heterocycles. The fourth-order valence-electron chi connectivity index (χ4n) is 3.58. The summed E-state index contributed by atoms with van der Waals surface area (Å²) in [6.45, 7) is 4.45. The van der Waals surface area contributed by atoms with E-state index in [9.17, 15) is 13.2 Å². The lowest BCUT2D eigenvalue weighted by Gasteiger charge is -2.20. The molecule has 1 amide bonds. The third kappa shape index (κ3) is 4.06. The van der Waals surface area contributed by atoms with Crippen LogP contribution in [0, 0.1) is 0 Å². The number of anilines is 1. The highest BCUT2D eigenvalue weighted by atomic mass is 32.2. The lowest BCUT2D eigenvalue weighted by molar-refractivity contribution is 0.102. The molecule has 27 heavy (non-hydrogen) atoms. The number of carbonyl (C=O) groups is 1. The summed E-state index contributed by atoms with van der Waals surface area (Å²) in [5.74, 6) is -0.222. The summed E-state index contributed by atoms with van der Waals surface area (Å²) in [7, 11) is -3.51. The van der Waals surface area contributed by atoms with Crippen LogP contribution in [0.25, 0.3) is 0 Å². The fourth-order valence-corrected chi connectivity index (χ4v) is 5.04. The van der Waals surface area contributed by atoms with E-state index in [0.717, 1.165) is 24.9 Å². The van der Waals surface area contributed by atoms with Crippen LogP contribution in [0.15, 0.2) is 47.4 Å². The Balaban J connectivity index is 1.79. The molecule has 144 valence electrons. The summed E-state index contributed by atoms with van der Waals surface area (Å²) in [4.78, 5) is 12.8. The molecule has 0 unspecified atom stereocenters. The van der Waals surface area contributed by atoms with Crippen LogP contribution in [0.2, 0.25) is 0 Å². The lowest BCUT2D eigenvalue weighted by atomic mass is 9.90. The molecular weight excluding hydrogens is 360 g/mol. The molecule has 0 atom stereocenters. The van der Waals surface area contributed by atoms with Gasteiger partial charge in [0, 0.05) is 24.3 Å². The Labute approximate surface area is 161 Å². The summed E-state index contributed by atoms with van der Waals surface area (Å²) in [6, 6.07) is 12.2. The van der Waals surface area contributed by atoms with Crippen LogP contribution in [-0.4, -0.2) is 31.7 Å². The Bertz CT molecular complexity index is 917. The Kier molecular flexibility index (Phi) is 5.97. The van der Waals surface area contributed by atoms with Gasteiger partial charge in [0.25, 0.3) is 5.91 Å². The molecule has 0 saturated carbocycles. The van der Waals surface area contributed by atoms with Gasteiger partial charge in [-0.2, -0.15) is 4.31 Å². The van der Waals surface area contributed by atoms with Crippen LogP contribution in [0.5, 0.6) is 0 Å². The van der Waals surface area contributed by atoms with Crippen LogP contribution >= 0.6 is 0 Å². The first-order chi connectivity index (χ1) is 13.0. The maximum absolute atomic E-state index is 12.6. The smallest absolute Gasteiger partial charge is 0.255 e. The topological polar surface area (TPSA) is 66.5 Å². The number of aryl methyl sites for hydroxylation is 1. The van der Waals surface area contributed by atoms with Gasteiger partial charge in [0.1, 0.15) is 0 Å². The van der Waals surface area contributed by atoms with E-state index in [-0.39, 0.29) is 10.8 Å².